The number of aromatic carboxylic acids is 1. The summed E-state index contributed by atoms with van der Waals surface area (Å²) in [6, 6.07) is 3.58. The molecular formula is C15H18N4O2S. The second kappa shape index (κ2) is 6.23. The monoisotopic (exact) mass is 318 g/mol. The molecule has 0 atom stereocenters. The lowest BCUT2D eigenvalue weighted by molar-refractivity contribution is 0.0696. The second-order valence-corrected chi connectivity index (χ2v) is 6.33. The molecule has 6 nitrogen and oxygen atoms in total. The lowest BCUT2D eigenvalue weighted by atomic mass is 9.98. The minimum atomic E-state index is -0.948. The summed E-state index contributed by atoms with van der Waals surface area (Å²) in [5.41, 5.74) is 13.4. The Kier molecular flexibility index (Phi) is 4.56. The molecule has 0 aliphatic heterocycles. The summed E-state index contributed by atoms with van der Waals surface area (Å²) in [7, 11) is 0. The van der Waals surface area contributed by atoms with Crippen LogP contribution in [-0.2, 0) is 0 Å². The van der Waals surface area contributed by atoms with Crippen LogP contribution in [0.4, 0.5) is 11.8 Å². The normalized spacial score (nSPS) is 10.9. The lowest BCUT2D eigenvalue weighted by Gasteiger charge is -2.15. The van der Waals surface area contributed by atoms with Crippen molar-refractivity contribution in [2.75, 3.05) is 11.5 Å². The zero-order chi connectivity index (χ0) is 16.4. The van der Waals surface area contributed by atoms with Crippen LogP contribution in [-0.4, -0.2) is 21.0 Å². The van der Waals surface area contributed by atoms with Crippen molar-refractivity contribution in [2.45, 2.75) is 36.5 Å². The van der Waals surface area contributed by atoms with E-state index in [1.165, 1.54) is 11.8 Å². The molecule has 0 saturated heterocycles. The van der Waals surface area contributed by atoms with Gasteiger partial charge in [-0.25, -0.2) is 9.78 Å². The number of aryl methyl sites for hydroxylation is 1. The predicted molar refractivity (Wildman–Crippen MR) is 87.2 cm³/mol. The zero-order valence-electron chi connectivity index (χ0n) is 12.6. The van der Waals surface area contributed by atoms with E-state index in [4.69, 9.17) is 11.5 Å². The van der Waals surface area contributed by atoms with Crippen LogP contribution in [0.5, 0.6) is 0 Å². The number of hydrogen-bond acceptors (Lipinski definition) is 6. The number of hydrogen-bond donors (Lipinski definition) is 3. The summed E-state index contributed by atoms with van der Waals surface area (Å²) >= 11 is 1.35. The fourth-order valence-electron chi connectivity index (χ4n) is 2.08. The van der Waals surface area contributed by atoms with Gasteiger partial charge in [0.25, 0.3) is 0 Å². The van der Waals surface area contributed by atoms with Crippen LogP contribution in [0.1, 0.15) is 41.3 Å². The molecule has 0 amide bonds. The van der Waals surface area contributed by atoms with Crippen molar-refractivity contribution in [3.05, 3.63) is 35.0 Å². The first-order chi connectivity index (χ1) is 10.3. The van der Waals surface area contributed by atoms with Crippen LogP contribution in [0.3, 0.4) is 0 Å². The van der Waals surface area contributed by atoms with Crippen LogP contribution in [0.25, 0.3) is 0 Å². The quantitative estimate of drug-likeness (QED) is 0.793. The van der Waals surface area contributed by atoms with E-state index < -0.39 is 5.97 Å². The van der Waals surface area contributed by atoms with Crippen molar-refractivity contribution in [2.24, 2.45) is 0 Å². The Bertz CT molecular complexity index is 732. The van der Waals surface area contributed by atoms with Crippen molar-refractivity contribution >= 4 is 29.5 Å². The highest BCUT2D eigenvalue weighted by Crippen LogP contribution is 2.37. The number of nitrogens with zero attached hydrogens (tertiary/aromatic N) is 2. The third kappa shape index (κ3) is 3.30. The van der Waals surface area contributed by atoms with Crippen LogP contribution in [0.15, 0.2) is 28.1 Å². The predicted octanol–water partition coefficient (Wildman–Crippen LogP) is 2.92. The Morgan fingerprint density at radius 2 is 1.95 bits per heavy atom. The molecule has 22 heavy (non-hydrogen) atoms. The molecule has 1 heterocycles. The molecule has 0 radical (unpaired) electrons. The van der Waals surface area contributed by atoms with Gasteiger partial charge in [0.15, 0.2) is 0 Å². The highest BCUT2D eigenvalue weighted by molar-refractivity contribution is 7.99. The summed E-state index contributed by atoms with van der Waals surface area (Å²) in [4.78, 5) is 20.7. The zero-order valence-corrected chi connectivity index (χ0v) is 13.4. The Morgan fingerprint density at radius 3 is 2.50 bits per heavy atom. The molecular weight excluding hydrogens is 300 g/mol. The van der Waals surface area contributed by atoms with Crippen molar-refractivity contribution in [1.29, 1.82) is 0 Å². The summed E-state index contributed by atoms with van der Waals surface area (Å²) in [6.45, 7) is 5.91. The minimum absolute atomic E-state index is 0.112. The van der Waals surface area contributed by atoms with E-state index in [0.717, 1.165) is 16.0 Å². The average molecular weight is 318 g/mol. The highest BCUT2D eigenvalue weighted by atomic mass is 32.2. The van der Waals surface area contributed by atoms with Crippen molar-refractivity contribution in [3.8, 4) is 0 Å². The van der Waals surface area contributed by atoms with E-state index in [1.54, 1.807) is 19.2 Å². The van der Waals surface area contributed by atoms with Gasteiger partial charge in [0.1, 0.15) is 5.82 Å². The van der Waals surface area contributed by atoms with Gasteiger partial charge in [-0.2, -0.15) is 4.98 Å². The number of aromatic nitrogens is 2. The van der Waals surface area contributed by atoms with Gasteiger partial charge in [-0.05, 0) is 30.0 Å². The van der Waals surface area contributed by atoms with Gasteiger partial charge in [0.2, 0.25) is 5.95 Å². The number of carboxylic acids is 1. The first kappa shape index (κ1) is 16.1. The molecule has 2 aromatic rings. The maximum absolute atomic E-state index is 11.3. The van der Waals surface area contributed by atoms with Crippen molar-refractivity contribution < 1.29 is 9.90 Å². The number of carboxylic acid groups (broad SMARTS) is 1. The van der Waals surface area contributed by atoms with Crippen LogP contribution < -0.4 is 11.5 Å². The standard InChI is InChI=1S/C15H18N4O2S/c1-7(2)9-4-8(3)10(14(20)21)5-11(9)22-12-6-18-15(17)19-13(12)16/h4-7H,1-3H3,(H,20,21)(H4,16,17,18,19). The van der Waals surface area contributed by atoms with Crippen LogP contribution in [0, 0.1) is 6.92 Å². The fraction of sp³-hybridized carbons (Fsp3) is 0.267. The number of carbonyl (C=O) groups is 1. The Hall–Kier alpha value is -2.28. The van der Waals surface area contributed by atoms with E-state index in [1.807, 2.05) is 6.07 Å². The third-order valence-corrected chi connectivity index (χ3v) is 4.34. The van der Waals surface area contributed by atoms with Crippen molar-refractivity contribution in [3.63, 3.8) is 0 Å². The van der Waals surface area contributed by atoms with Gasteiger partial charge in [0, 0.05) is 11.1 Å². The molecule has 0 aliphatic carbocycles. The van der Waals surface area contributed by atoms with Gasteiger partial charge in [0.05, 0.1) is 10.5 Å². The van der Waals surface area contributed by atoms with E-state index in [9.17, 15) is 9.90 Å². The molecule has 0 fully saturated rings. The lowest BCUT2D eigenvalue weighted by Crippen LogP contribution is -2.04. The molecule has 116 valence electrons. The number of anilines is 2. The highest BCUT2D eigenvalue weighted by Gasteiger charge is 2.16. The Labute approximate surface area is 133 Å². The Balaban J connectivity index is 2.52. The third-order valence-electron chi connectivity index (χ3n) is 3.23. The number of nitrogens with two attached hydrogens (primary N) is 2. The van der Waals surface area contributed by atoms with Crippen LogP contribution in [0.2, 0.25) is 0 Å². The van der Waals surface area contributed by atoms with Gasteiger partial charge in [-0.1, -0.05) is 31.7 Å². The van der Waals surface area contributed by atoms with Gasteiger partial charge in [-0.3, -0.25) is 0 Å². The molecule has 1 aromatic carbocycles. The molecule has 1 aromatic heterocycles. The van der Waals surface area contributed by atoms with Crippen LogP contribution >= 0.6 is 11.8 Å². The maximum atomic E-state index is 11.3. The number of nitrogen functional groups attached to an aromatic ring is 2. The molecule has 0 aliphatic rings. The number of rotatable bonds is 4. The first-order valence-corrected chi connectivity index (χ1v) is 7.55. The SMILES string of the molecule is Cc1cc(C(C)C)c(Sc2cnc(N)nc2N)cc1C(=O)O. The largest absolute Gasteiger partial charge is 0.478 e. The molecule has 0 unspecified atom stereocenters. The average Bonchev–Trinajstić information content (AvgIpc) is 2.42. The maximum Gasteiger partial charge on any atom is 0.335 e. The summed E-state index contributed by atoms with van der Waals surface area (Å²) in [5.74, 6) is -0.304. The molecule has 2 rings (SSSR count). The topological polar surface area (TPSA) is 115 Å². The molecule has 0 spiro atoms. The van der Waals surface area contributed by atoms with Gasteiger partial charge >= 0.3 is 5.97 Å². The molecule has 7 heteroatoms. The minimum Gasteiger partial charge on any atom is -0.478 e. The second-order valence-electron chi connectivity index (χ2n) is 5.24. The first-order valence-electron chi connectivity index (χ1n) is 6.73. The van der Waals surface area contributed by atoms with E-state index in [2.05, 4.69) is 23.8 Å². The summed E-state index contributed by atoms with van der Waals surface area (Å²) in [5, 5.41) is 9.30. The molecule has 5 N–H and O–H groups in total. The molecule has 0 bridgehead atoms. The number of benzene rings is 1. The van der Waals surface area contributed by atoms with E-state index in [0.29, 0.717) is 4.90 Å². The van der Waals surface area contributed by atoms with E-state index >= 15 is 0 Å². The Morgan fingerprint density at radius 1 is 1.27 bits per heavy atom. The van der Waals surface area contributed by atoms with E-state index in [-0.39, 0.29) is 23.2 Å². The van der Waals surface area contributed by atoms with Gasteiger partial charge in [-0.15, -0.1) is 0 Å². The fourth-order valence-corrected chi connectivity index (χ4v) is 3.16. The summed E-state index contributed by atoms with van der Waals surface area (Å²) in [6.07, 6.45) is 1.55. The van der Waals surface area contributed by atoms with Crippen molar-refractivity contribution in [1.82, 2.24) is 9.97 Å². The molecule has 0 saturated carbocycles. The summed E-state index contributed by atoms with van der Waals surface area (Å²) < 4.78 is 0. The van der Waals surface area contributed by atoms with Gasteiger partial charge < -0.3 is 16.6 Å². The smallest absolute Gasteiger partial charge is 0.335 e.